The zero-order valence-corrected chi connectivity index (χ0v) is 37.8. The summed E-state index contributed by atoms with van der Waals surface area (Å²) in [5.41, 5.74) is -1.80. The predicted molar refractivity (Wildman–Crippen MR) is 232 cm³/mol. The van der Waals surface area contributed by atoms with Gasteiger partial charge in [0.25, 0.3) is 0 Å². The highest BCUT2D eigenvalue weighted by atomic mass is 19.4. The minimum atomic E-state index is -4.67. The SMILES string of the molecule is CCC(C)C(NC(=O)Cc1ccccc1F)C(=O)NC1(C(=O)NC(C(=O)NCCCCOC(=O)OCCOCCOCCOC)C(C)CC)CCc2[nH]c3c(C(F)(F)F)cccc3c2C1. The van der Waals surface area contributed by atoms with Gasteiger partial charge in [-0.3, -0.25) is 19.2 Å². The molecule has 5 atom stereocenters. The van der Waals surface area contributed by atoms with E-state index < -0.39 is 76.8 Å². The summed E-state index contributed by atoms with van der Waals surface area (Å²) in [4.78, 5) is 71.1. The summed E-state index contributed by atoms with van der Waals surface area (Å²) in [5, 5.41) is 11.5. The number of H-pyrrole nitrogens is 1. The molecule has 0 spiro atoms. The molecular weight excluding hydrogens is 859 g/mol. The number of nitrogens with one attached hydrogen (secondary N) is 5. The standard InChI is InChI=1S/C46H63F4N5O10/c1-6-29(3)38(41(57)51-19-10-11-20-64-44(60)65-26-25-63-24-23-62-22-21-61-5)54-43(59)45(18-17-36-33(28-45)32-14-12-15-34(40(32)52-36)46(48,49)50)55-42(58)39(30(4)7-2)53-37(56)27-31-13-8-9-16-35(31)47/h8-9,12-16,29-30,38-39,52H,6-7,10-11,17-28H2,1-5H3,(H,51,57)(H,53,56)(H,54,59)(H,55,58). The number of unbranched alkanes of at least 4 members (excludes halogenated alkanes) is 1. The molecule has 5 unspecified atom stereocenters. The van der Waals surface area contributed by atoms with Crippen LogP contribution in [-0.2, 0) is 68.3 Å². The Morgan fingerprint density at radius 3 is 2.11 bits per heavy atom. The minimum Gasteiger partial charge on any atom is -0.434 e. The third kappa shape index (κ3) is 15.1. The van der Waals surface area contributed by atoms with Gasteiger partial charge in [0.05, 0.1) is 57.1 Å². The number of halogens is 4. The van der Waals surface area contributed by atoms with Crippen LogP contribution in [0.3, 0.4) is 0 Å². The molecule has 0 saturated carbocycles. The first-order chi connectivity index (χ1) is 31.0. The molecule has 19 heteroatoms. The summed E-state index contributed by atoms with van der Waals surface area (Å²) < 4.78 is 82.5. The van der Waals surface area contributed by atoms with E-state index in [4.69, 9.17) is 23.7 Å². The van der Waals surface area contributed by atoms with Gasteiger partial charge in [-0.05, 0) is 60.8 Å². The second-order valence-electron chi connectivity index (χ2n) is 16.3. The Morgan fingerprint density at radius 2 is 1.45 bits per heavy atom. The van der Waals surface area contributed by atoms with Crippen LogP contribution in [0, 0.1) is 17.7 Å². The van der Waals surface area contributed by atoms with Crippen LogP contribution in [0.25, 0.3) is 10.9 Å². The van der Waals surface area contributed by atoms with Crippen LogP contribution in [0.4, 0.5) is 22.4 Å². The van der Waals surface area contributed by atoms with Gasteiger partial charge < -0.3 is 49.9 Å². The molecule has 1 aliphatic rings. The number of ether oxygens (including phenoxy) is 5. The Balaban J connectivity index is 1.46. The van der Waals surface area contributed by atoms with Gasteiger partial charge >= 0.3 is 12.3 Å². The first kappa shape index (κ1) is 52.4. The number of hydrogen-bond acceptors (Lipinski definition) is 10. The smallest absolute Gasteiger partial charge is 0.434 e. The van der Waals surface area contributed by atoms with Crippen molar-refractivity contribution in [3.05, 3.63) is 70.7 Å². The maximum Gasteiger partial charge on any atom is 0.508 e. The number of hydrogen-bond donors (Lipinski definition) is 5. The highest BCUT2D eigenvalue weighted by Crippen LogP contribution is 2.40. The molecule has 1 aliphatic carbocycles. The van der Waals surface area contributed by atoms with Gasteiger partial charge in [0, 0.05) is 31.2 Å². The van der Waals surface area contributed by atoms with E-state index in [1.807, 2.05) is 13.8 Å². The van der Waals surface area contributed by atoms with E-state index in [2.05, 4.69) is 26.3 Å². The Kier molecular flexibility index (Phi) is 20.5. The van der Waals surface area contributed by atoms with E-state index in [-0.39, 0.29) is 68.5 Å². The molecule has 0 radical (unpaired) electrons. The third-order valence-electron chi connectivity index (χ3n) is 11.7. The molecule has 0 aliphatic heterocycles. The zero-order chi connectivity index (χ0) is 47.6. The Bertz CT molecular complexity index is 2050. The number of aromatic nitrogens is 1. The number of rotatable bonds is 26. The van der Waals surface area contributed by atoms with Crippen LogP contribution >= 0.6 is 0 Å². The lowest BCUT2D eigenvalue weighted by atomic mass is 9.78. The molecule has 0 bridgehead atoms. The second kappa shape index (κ2) is 25.4. The largest absolute Gasteiger partial charge is 0.508 e. The number of alkyl halides is 3. The molecule has 5 N–H and O–H groups in total. The predicted octanol–water partition coefficient (Wildman–Crippen LogP) is 5.70. The number of carbonyl (C=O) groups is 5. The van der Waals surface area contributed by atoms with E-state index in [0.29, 0.717) is 63.4 Å². The molecule has 4 rings (SSSR count). The van der Waals surface area contributed by atoms with Crippen molar-refractivity contribution in [2.75, 3.05) is 59.9 Å². The van der Waals surface area contributed by atoms with Crippen molar-refractivity contribution in [1.29, 1.82) is 0 Å². The summed E-state index contributed by atoms with van der Waals surface area (Å²) in [7, 11) is 1.58. The van der Waals surface area contributed by atoms with Crippen LogP contribution in [0.15, 0.2) is 42.5 Å². The topological polar surface area (TPSA) is 195 Å². The highest BCUT2D eigenvalue weighted by molar-refractivity contribution is 5.99. The molecule has 65 heavy (non-hydrogen) atoms. The van der Waals surface area contributed by atoms with Gasteiger partial charge in [0.1, 0.15) is 30.0 Å². The number of para-hydroxylation sites is 1. The highest BCUT2D eigenvalue weighted by Gasteiger charge is 2.47. The average molecular weight is 922 g/mol. The van der Waals surface area contributed by atoms with Crippen molar-refractivity contribution in [1.82, 2.24) is 26.3 Å². The molecule has 0 saturated heterocycles. The monoisotopic (exact) mass is 921 g/mol. The molecule has 4 amide bonds. The lowest BCUT2D eigenvalue weighted by Crippen LogP contribution is -2.67. The number of aryl methyl sites for hydroxylation is 1. The Labute approximate surface area is 376 Å². The number of methoxy groups -OCH3 is 1. The quantitative estimate of drug-likeness (QED) is 0.0379. The fourth-order valence-electron chi connectivity index (χ4n) is 7.49. The molecule has 1 aromatic heterocycles. The maximum atomic E-state index is 14.8. The fraction of sp³-hybridized carbons (Fsp3) is 0.587. The van der Waals surface area contributed by atoms with Gasteiger partial charge in [-0.2, -0.15) is 13.2 Å². The number of amides is 4. The number of fused-ring (bicyclic) bond motifs is 3. The third-order valence-corrected chi connectivity index (χ3v) is 11.7. The van der Waals surface area contributed by atoms with Crippen LogP contribution in [0.2, 0.25) is 0 Å². The maximum absolute atomic E-state index is 14.8. The van der Waals surface area contributed by atoms with Crippen molar-refractivity contribution >= 4 is 40.7 Å². The number of carbonyl (C=O) groups excluding carboxylic acids is 5. The van der Waals surface area contributed by atoms with E-state index >= 15 is 0 Å². The summed E-state index contributed by atoms with van der Waals surface area (Å²) in [5.74, 6) is -4.04. The van der Waals surface area contributed by atoms with Crippen molar-refractivity contribution < 1.29 is 65.2 Å². The summed E-state index contributed by atoms with van der Waals surface area (Å²) >= 11 is 0. The molecule has 3 aromatic rings. The Hall–Kier alpha value is -5.27. The zero-order valence-electron chi connectivity index (χ0n) is 37.8. The van der Waals surface area contributed by atoms with E-state index in [9.17, 15) is 41.5 Å². The van der Waals surface area contributed by atoms with Gasteiger partial charge in [0.2, 0.25) is 23.6 Å². The normalized spacial score (nSPS) is 16.7. The number of aromatic amines is 1. The summed E-state index contributed by atoms with van der Waals surface area (Å²) in [6.07, 6.45) is -4.41. The van der Waals surface area contributed by atoms with Crippen LogP contribution in [-0.4, -0.2) is 112 Å². The summed E-state index contributed by atoms with van der Waals surface area (Å²) in [6.45, 7) is 9.16. The van der Waals surface area contributed by atoms with Crippen molar-refractivity contribution in [2.24, 2.45) is 11.8 Å². The van der Waals surface area contributed by atoms with Gasteiger partial charge in [-0.25, -0.2) is 9.18 Å². The molecule has 360 valence electrons. The molecule has 2 aromatic carbocycles. The van der Waals surface area contributed by atoms with Crippen LogP contribution in [0.1, 0.15) is 82.2 Å². The first-order valence-corrected chi connectivity index (χ1v) is 22.1. The van der Waals surface area contributed by atoms with E-state index in [1.54, 1.807) is 27.0 Å². The number of benzene rings is 2. The van der Waals surface area contributed by atoms with Crippen LogP contribution < -0.4 is 21.3 Å². The van der Waals surface area contributed by atoms with Crippen molar-refractivity contribution in [3.63, 3.8) is 0 Å². The van der Waals surface area contributed by atoms with Crippen molar-refractivity contribution in [2.45, 2.75) is 103 Å². The summed E-state index contributed by atoms with van der Waals surface area (Å²) in [6, 6.07) is 7.25. The van der Waals surface area contributed by atoms with Crippen LogP contribution in [0.5, 0.6) is 0 Å². The van der Waals surface area contributed by atoms with Gasteiger partial charge in [0.15, 0.2) is 0 Å². The fourth-order valence-corrected chi connectivity index (χ4v) is 7.49. The van der Waals surface area contributed by atoms with Gasteiger partial charge in [-0.15, -0.1) is 0 Å². The van der Waals surface area contributed by atoms with E-state index in [1.165, 1.54) is 30.3 Å². The van der Waals surface area contributed by atoms with Gasteiger partial charge in [-0.1, -0.05) is 70.9 Å². The molecule has 0 fully saturated rings. The Morgan fingerprint density at radius 1 is 0.800 bits per heavy atom. The minimum absolute atomic E-state index is 0.00530. The lowest BCUT2D eigenvalue weighted by Gasteiger charge is -2.39. The van der Waals surface area contributed by atoms with Crippen molar-refractivity contribution in [3.8, 4) is 0 Å². The second-order valence-corrected chi connectivity index (χ2v) is 16.3. The first-order valence-electron chi connectivity index (χ1n) is 22.1. The molecule has 15 nitrogen and oxygen atoms in total. The van der Waals surface area contributed by atoms with E-state index in [0.717, 1.165) is 6.07 Å². The average Bonchev–Trinajstić information content (AvgIpc) is 3.65. The lowest BCUT2D eigenvalue weighted by molar-refractivity contribution is -0.139. The molecule has 1 heterocycles. The molecular formula is C46H63F4N5O10.